The molecule has 1 atom stereocenters. The highest BCUT2D eigenvalue weighted by atomic mass is 15.2. The van der Waals surface area contributed by atoms with Crippen LogP contribution in [0.15, 0.2) is 0 Å². The van der Waals surface area contributed by atoms with E-state index in [2.05, 4.69) is 29.0 Å². The van der Waals surface area contributed by atoms with Crippen LogP contribution in [0.3, 0.4) is 0 Å². The van der Waals surface area contributed by atoms with Gasteiger partial charge < -0.3 is 15.1 Å². The normalized spacial score (nSPS) is 32.2. The molecule has 3 fully saturated rings. The van der Waals surface area contributed by atoms with Gasteiger partial charge in [-0.1, -0.05) is 0 Å². The Morgan fingerprint density at radius 3 is 2.25 bits per heavy atom. The van der Waals surface area contributed by atoms with Crippen LogP contribution in [0.2, 0.25) is 0 Å². The average molecular weight is 279 g/mol. The third-order valence-corrected chi connectivity index (χ3v) is 6.18. The van der Waals surface area contributed by atoms with E-state index >= 15 is 0 Å². The third-order valence-electron chi connectivity index (χ3n) is 6.18. The fourth-order valence-electron chi connectivity index (χ4n) is 4.46. The van der Waals surface area contributed by atoms with Gasteiger partial charge in [-0.05, 0) is 96.6 Å². The van der Waals surface area contributed by atoms with Crippen LogP contribution < -0.4 is 5.32 Å². The Hall–Kier alpha value is -0.120. The van der Waals surface area contributed by atoms with Gasteiger partial charge in [-0.3, -0.25) is 0 Å². The van der Waals surface area contributed by atoms with Gasteiger partial charge in [-0.15, -0.1) is 0 Å². The molecule has 3 aliphatic heterocycles. The maximum absolute atomic E-state index is 3.50. The van der Waals surface area contributed by atoms with Gasteiger partial charge in [0.1, 0.15) is 0 Å². The van der Waals surface area contributed by atoms with Crippen LogP contribution in [-0.2, 0) is 0 Å². The highest BCUT2D eigenvalue weighted by Crippen LogP contribution is 2.41. The molecule has 3 heterocycles. The average Bonchev–Trinajstić information content (AvgIpc) is 2.95. The summed E-state index contributed by atoms with van der Waals surface area (Å²) in [6.07, 6.45) is 7.21. The number of hydrogen-bond donors (Lipinski definition) is 1. The van der Waals surface area contributed by atoms with Gasteiger partial charge in [-0.2, -0.15) is 0 Å². The topological polar surface area (TPSA) is 18.5 Å². The number of rotatable bonds is 3. The Bertz CT molecular complexity index is 291. The van der Waals surface area contributed by atoms with Gasteiger partial charge in [0.2, 0.25) is 0 Å². The molecule has 1 unspecified atom stereocenters. The highest BCUT2D eigenvalue weighted by Gasteiger charge is 2.38. The standard InChI is InChI=1S/C17H33N3/c1-15(2)20-11-6-17(7-12-20)4-9-19(10-5-17)14-16-3-8-18-13-16/h15-16,18H,3-14H2,1-2H3. The molecule has 0 aromatic heterocycles. The van der Waals surface area contributed by atoms with Gasteiger partial charge in [0.05, 0.1) is 0 Å². The second-order valence-corrected chi connectivity index (χ2v) is 7.79. The van der Waals surface area contributed by atoms with Crippen molar-refractivity contribution in [2.24, 2.45) is 11.3 Å². The molecule has 20 heavy (non-hydrogen) atoms. The molecule has 0 aliphatic carbocycles. The van der Waals surface area contributed by atoms with E-state index in [1.54, 1.807) is 0 Å². The van der Waals surface area contributed by atoms with Crippen LogP contribution in [0.25, 0.3) is 0 Å². The SMILES string of the molecule is CC(C)N1CCC2(CCN(CC3CCNC3)CC2)CC1. The third kappa shape index (κ3) is 3.37. The number of likely N-dealkylation sites (tertiary alicyclic amines) is 2. The van der Waals surface area contributed by atoms with E-state index in [4.69, 9.17) is 0 Å². The molecule has 3 rings (SSSR count). The molecule has 0 bridgehead atoms. The van der Waals surface area contributed by atoms with Gasteiger partial charge in [0.25, 0.3) is 0 Å². The summed E-state index contributed by atoms with van der Waals surface area (Å²) < 4.78 is 0. The van der Waals surface area contributed by atoms with Crippen LogP contribution in [0.1, 0.15) is 46.0 Å². The Morgan fingerprint density at radius 1 is 1.05 bits per heavy atom. The van der Waals surface area contributed by atoms with E-state index in [1.165, 1.54) is 77.9 Å². The van der Waals surface area contributed by atoms with Crippen molar-refractivity contribution < 1.29 is 0 Å². The fraction of sp³-hybridized carbons (Fsp3) is 1.00. The maximum atomic E-state index is 3.50. The summed E-state index contributed by atoms with van der Waals surface area (Å²) in [4.78, 5) is 5.42. The van der Waals surface area contributed by atoms with E-state index in [-0.39, 0.29) is 0 Å². The van der Waals surface area contributed by atoms with Crippen molar-refractivity contribution >= 4 is 0 Å². The van der Waals surface area contributed by atoms with Crippen molar-refractivity contribution in [1.29, 1.82) is 0 Å². The summed E-state index contributed by atoms with van der Waals surface area (Å²) >= 11 is 0. The Morgan fingerprint density at radius 2 is 1.70 bits per heavy atom. The minimum absolute atomic E-state index is 0.704. The lowest BCUT2D eigenvalue weighted by Crippen LogP contribution is -2.49. The van der Waals surface area contributed by atoms with Gasteiger partial charge >= 0.3 is 0 Å². The minimum Gasteiger partial charge on any atom is -0.316 e. The molecule has 0 aromatic rings. The molecule has 0 saturated carbocycles. The first kappa shape index (κ1) is 14.8. The van der Waals surface area contributed by atoms with Crippen LogP contribution in [0, 0.1) is 11.3 Å². The first-order chi connectivity index (χ1) is 9.67. The maximum Gasteiger partial charge on any atom is 0.00385 e. The summed E-state index contributed by atoms with van der Waals surface area (Å²) in [5.41, 5.74) is 0.704. The first-order valence-electron chi connectivity index (χ1n) is 8.84. The molecular weight excluding hydrogens is 246 g/mol. The molecule has 1 N–H and O–H groups in total. The van der Waals surface area contributed by atoms with Gasteiger partial charge in [-0.25, -0.2) is 0 Å². The van der Waals surface area contributed by atoms with Crippen molar-refractivity contribution in [3.05, 3.63) is 0 Å². The zero-order chi connectivity index (χ0) is 14.0. The molecular formula is C17H33N3. The predicted molar refractivity (Wildman–Crippen MR) is 85.0 cm³/mol. The molecule has 1 spiro atoms. The first-order valence-corrected chi connectivity index (χ1v) is 8.84. The van der Waals surface area contributed by atoms with E-state index < -0.39 is 0 Å². The van der Waals surface area contributed by atoms with Crippen LogP contribution in [-0.4, -0.2) is 61.7 Å². The predicted octanol–water partition coefficient (Wildman–Crippen LogP) is 2.18. The smallest absolute Gasteiger partial charge is 0.00385 e. The minimum atomic E-state index is 0.704. The Kier molecular flexibility index (Phi) is 4.68. The van der Waals surface area contributed by atoms with Crippen molar-refractivity contribution in [2.75, 3.05) is 45.8 Å². The zero-order valence-corrected chi connectivity index (χ0v) is 13.5. The van der Waals surface area contributed by atoms with Crippen LogP contribution in [0.4, 0.5) is 0 Å². The molecule has 3 nitrogen and oxygen atoms in total. The van der Waals surface area contributed by atoms with Crippen LogP contribution >= 0.6 is 0 Å². The number of hydrogen-bond acceptors (Lipinski definition) is 3. The van der Waals surface area contributed by atoms with Crippen molar-refractivity contribution in [1.82, 2.24) is 15.1 Å². The summed E-state index contributed by atoms with van der Waals surface area (Å²) in [5.74, 6) is 0.923. The van der Waals surface area contributed by atoms with Crippen LogP contribution in [0.5, 0.6) is 0 Å². The zero-order valence-electron chi connectivity index (χ0n) is 13.5. The number of nitrogens with one attached hydrogen (secondary N) is 1. The van der Waals surface area contributed by atoms with Gasteiger partial charge in [0.15, 0.2) is 0 Å². The van der Waals surface area contributed by atoms with Crippen molar-refractivity contribution in [3.63, 3.8) is 0 Å². The van der Waals surface area contributed by atoms with E-state index in [0.717, 1.165) is 12.0 Å². The molecule has 3 aliphatic rings. The monoisotopic (exact) mass is 279 g/mol. The Labute approximate surface area is 125 Å². The van der Waals surface area contributed by atoms with E-state index in [1.807, 2.05) is 0 Å². The summed E-state index contributed by atoms with van der Waals surface area (Å²) in [6, 6.07) is 0.738. The number of piperidine rings is 2. The quantitative estimate of drug-likeness (QED) is 0.854. The highest BCUT2D eigenvalue weighted by molar-refractivity contribution is 4.91. The molecule has 3 saturated heterocycles. The summed E-state index contributed by atoms with van der Waals surface area (Å²) in [7, 11) is 0. The van der Waals surface area contributed by atoms with E-state index in [9.17, 15) is 0 Å². The van der Waals surface area contributed by atoms with Crippen molar-refractivity contribution in [2.45, 2.75) is 52.0 Å². The molecule has 0 aromatic carbocycles. The molecule has 0 amide bonds. The summed E-state index contributed by atoms with van der Waals surface area (Å²) in [6.45, 7) is 13.9. The van der Waals surface area contributed by atoms with Gasteiger partial charge in [0, 0.05) is 12.6 Å². The lowest BCUT2D eigenvalue weighted by Gasteiger charge is -2.48. The molecule has 3 heteroatoms. The largest absolute Gasteiger partial charge is 0.316 e. The Balaban J connectivity index is 1.44. The fourth-order valence-corrected chi connectivity index (χ4v) is 4.46. The van der Waals surface area contributed by atoms with E-state index in [0.29, 0.717) is 5.41 Å². The molecule has 116 valence electrons. The number of nitrogens with zero attached hydrogens (tertiary/aromatic N) is 2. The molecule has 0 radical (unpaired) electrons. The second kappa shape index (κ2) is 6.33. The second-order valence-electron chi connectivity index (χ2n) is 7.79. The lowest BCUT2D eigenvalue weighted by molar-refractivity contribution is 0.0217. The summed E-state index contributed by atoms with van der Waals surface area (Å²) in [5, 5.41) is 3.50. The van der Waals surface area contributed by atoms with Crippen molar-refractivity contribution in [3.8, 4) is 0 Å². The lowest BCUT2D eigenvalue weighted by atomic mass is 9.71.